The van der Waals surface area contributed by atoms with E-state index in [1.54, 1.807) is 12.1 Å². The van der Waals surface area contributed by atoms with Gasteiger partial charge in [-0.15, -0.1) is 12.6 Å². The van der Waals surface area contributed by atoms with E-state index in [2.05, 4.69) is 12.6 Å². The minimum Gasteiger partial charge on any atom is -0.496 e. The smallest absolute Gasteiger partial charge is 0.308 e. The van der Waals surface area contributed by atoms with Crippen LogP contribution in [-0.2, 0) is 11.2 Å². The molecule has 1 N–H and O–H groups in total. The molecule has 0 aliphatic heterocycles. The zero-order valence-corrected chi connectivity index (χ0v) is 9.38. The standard InChI is InChI=1S/C10H12O4S/c1-13-7-3-4-8(15)10(14-2)6(7)5-9(11)12/h3-4,15H,5H2,1-2H3,(H,11,12). The van der Waals surface area contributed by atoms with Crippen molar-refractivity contribution in [1.82, 2.24) is 0 Å². The summed E-state index contributed by atoms with van der Waals surface area (Å²) in [5.74, 6) is -0.00216. The van der Waals surface area contributed by atoms with Crippen LogP contribution < -0.4 is 9.47 Å². The molecule has 0 saturated carbocycles. The molecule has 0 atom stereocenters. The molecule has 0 bridgehead atoms. The summed E-state index contributed by atoms with van der Waals surface area (Å²) in [7, 11) is 2.96. The number of carbonyl (C=O) groups is 1. The Kier molecular flexibility index (Phi) is 3.85. The first kappa shape index (κ1) is 11.7. The molecule has 0 aliphatic carbocycles. The molecule has 4 nitrogen and oxygen atoms in total. The fourth-order valence-electron chi connectivity index (χ4n) is 1.34. The van der Waals surface area contributed by atoms with E-state index in [1.165, 1.54) is 14.2 Å². The zero-order chi connectivity index (χ0) is 11.4. The highest BCUT2D eigenvalue weighted by atomic mass is 32.1. The van der Waals surface area contributed by atoms with Crippen LogP contribution in [0.25, 0.3) is 0 Å². The van der Waals surface area contributed by atoms with Gasteiger partial charge in [-0.05, 0) is 12.1 Å². The zero-order valence-electron chi connectivity index (χ0n) is 8.48. The third-order valence-corrected chi connectivity index (χ3v) is 2.30. The quantitative estimate of drug-likeness (QED) is 0.769. The van der Waals surface area contributed by atoms with E-state index < -0.39 is 5.97 Å². The highest BCUT2D eigenvalue weighted by Crippen LogP contribution is 2.34. The van der Waals surface area contributed by atoms with Crippen molar-refractivity contribution in [3.05, 3.63) is 17.7 Å². The van der Waals surface area contributed by atoms with Crippen molar-refractivity contribution >= 4 is 18.6 Å². The Balaban J connectivity index is 3.26. The minimum atomic E-state index is -0.939. The number of rotatable bonds is 4. The Morgan fingerprint density at radius 3 is 2.53 bits per heavy atom. The van der Waals surface area contributed by atoms with Crippen molar-refractivity contribution in [2.75, 3.05) is 14.2 Å². The summed E-state index contributed by atoms with van der Waals surface area (Å²) in [5.41, 5.74) is 0.500. The molecule has 0 aromatic heterocycles. The third kappa shape index (κ3) is 2.56. The molecule has 0 saturated heterocycles. The van der Waals surface area contributed by atoms with Gasteiger partial charge in [0.2, 0.25) is 0 Å². The van der Waals surface area contributed by atoms with Crippen molar-refractivity contribution in [1.29, 1.82) is 0 Å². The maximum absolute atomic E-state index is 10.7. The Morgan fingerprint density at radius 1 is 1.40 bits per heavy atom. The monoisotopic (exact) mass is 228 g/mol. The number of carboxylic acids is 1. The van der Waals surface area contributed by atoms with Crippen LogP contribution in [0.15, 0.2) is 17.0 Å². The van der Waals surface area contributed by atoms with Crippen LogP contribution in [0.3, 0.4) is 0 Å². The third-order valence-electron chi connectivity index (χ3n) is 1.95. The van der Waals surface area contributed by atoms with Crippen molar-refractivity contribution < 1.29 is 19.4 Å². The second-order valence-electron chi connectivity index (χ2n) is 2.87. The molecular weight excluding hydrogens is 216 g/mol. The molecule has 0 radical (unpaired) electrons. The van der Waals surface area contributed by atoms with Crippen LogP contribution in [0, 0.1) is 0 Å². The van der Waals surface area contributed by atoms with Gasteiger partial charge in [0.05, 0.1) is 20.6 Å². The van der Waals surface area contributed by atoms with Crippen molar-refractivity contribution in [3.8, 4) is 11.5 Å². The van der Waals surface area contributed by atoms with Gasteiger partial charge in [0.15, 0.2) is 0 Å². The van der Waals surface area contributed by atoms with Gasteiger partial charge >= 0.3 is 5.97 Å². The number of carboxylic acid groups (broad SMARTS) is 1. The maximum Gasteiger partial charge on any atom is 0.308 e. The van der Waals surface area contributed by atoms with Crippen molar-refractivity contribution in [2.24, 2.45) is 0 Å². The van der Waals surface area contributed by atoms with Crippen LogP contribution in [-0.4, -0.2) is 25.3 Å². The topological polar surface area (TPSA) is 55.8 Å². The summed E-state index contributed by atoms with van der Waals surface area (Å²) >= 11 is 4.18. The average molecular weight is 228 g/mol. The molecule has 0 heterocycles. The van der Waals surface area contributed by atoms with Crippen molar-refractivity contribution in [2.45, 2.75) is 11.3 Å². The lowest BCUT2D eigenvalue weighted by atomic mass is 10.1. The van der Waals surface area contributed by atoms with Gasteiger partial charge < -0.3 is 14.6 Å². The number of methoxy groups -OCH3 is 2. The SMILES string of the molecule is COc1ccc(S)c(OC)c1CC(=O)O. The van der Waals surface area contributed by atoms with E-state index in [4.69, 9.17) is 14.6 Å². The van der Waals surface area contributed by atoms with Crippen molar-refractivity contribution in [3.63, 3.8) is 0 Å². The Labute approximate surface area is 93.2 Å². The van der Waals surface area contributed by atoms with Gasteiger partial charge in [-0.3, -0.25) is 4.79 Å². The predicted molar refractivity (Wildman–Crippen MR) is 58.1 cm³/mol. The molecule has 0 spiro atoms. The Bertz CT molecular complexity index is 376. The Morgan fingerprint density at radius 2 is 2.07 bits per heavy atom. The summed E-state index contributed by atoms with van der Waals surface area (Å²) in [6.45, 7) is 0. The van der Waals surface area contributed by atoms with E-state index in [1.807, 2.05) is 0 Å². The van der Waals surface area contributed by atoms with Gasteiger partial charge in [0.1, 0.15) is 11.5 Å². The predicted octanol–water partition coefficient (Wildman–Crippen LogP) is 1.62. The molecule has 0 amide bonds. The van der Waals surface area contributed by atoms with Crippen LogP contribution >= 0.6 is 12.6 Å². The lowest BCUT2D eigenvalue weighted by Crippen LogP contribution is -2.05. The molecule has 15 heavy (non-hydrogen) atoms. The highest BCUT2D eigenvalue weighted by molar-refractivity contribution is 7.80. The average Bonchev–Trinajstić information content (AvgIpc) is 2.18. The van der Waals surface area contributed by atoms with Gasteiger partial charge in [-0.25, -0.2) is 0 Å². The molecule has 1 aromatic carbocycles. The van der Waals surface area contributed by atoms with Crippen LogP contribution in [0.4, 0.5) is 0 Å². The van der Waals surface area contributed by atoms with Crippen LogP contribution in [0.2, 0.25) is 0 Å². The number of thiol groups is 1. The largest absolute Gasteiger partial charge is 0.496 e. The number of benzene rings is 1. The molecule has 0 unspecified atom stereocenters. The normalized spacial score (nSPS) is 9.80. The van der Waals surface area contributed by atoms with E-state index in [9.17, 15) is 4.79 Å². The summed E-state index contributed by atoms with van der Waals surface area (Å²) in [6, 6.07) is 3.37. The number of hydrogen-bond donors (Lipinski definition) is 2. The first-order valence-corrected chi connectivity index (χ1v) is 4.69. The maximum atomic E-state index is 10.7. The van der Waals surface area contributed by atoms with Gasteiger partial charge in [0.25, 0.3) is 0 Å². The summed E-state index contributed by atoms with van der Waals surface area (Å²) in [4.78, 5) is 11.3. The summed E-state index contributed by atoms with van der Waals surface area (Å²) < 4.78 is 10.2. The number of ether oxygens (including phenoxy) is 2. The lowest BCUT2D eigenvalue weighted by Gasteiger charge is -2.13. The fraction of sp³-hybridized carbons (Fsp3) is 0.300. The molecule has 1 aromatic rings. The van der Waals surface area contributed by atoms with E-state index in [0.29, 0.717) is 22.0 Å². The lowest BCUT2D eigenvalue weighted by molar-refractivity contribution is -0.136. The molecule has 0 aliphatic rings. The number of aliphatic carboxylic acids is 1. The fourth-order valence-corrected chi connectivity index (χ4v) is 1.64. The van der Waals surface area contributed by atoms with E-state index in [0.717, 1.165) is 0 Å². The van der Waals surface area contributed by atoms with E-state index in [-0.39, 0.29) is 6.42 Å². The first-order chi connectivity index (χ1) is 7.10. The molecule has 1 rings (SSSR count). The molecule has 82 valence electrons. The Hall–Kier alpha value is -1.36. The van der Waals surface area contributed by atoms with E-state index >= 15 is 0 Å². The molecule has 5 heteroatoms. The minimum absolute atomic E-state index is 0.152. The van der Waals surface area contributed by atoms with Gasteiger partial charge in [-0.1, -0.05) is 0 Å². The summed E-state index contributed by atoms with van der Waals surface area (Å²) in [5, 5.41) is 8.76. The first-order valence-electron chi connectivity index (χ1n) is 4.24. The second-order valence-corrected chi connectivity index (χ2v) is 3.35. The van der Waals surface area contributed by atoms with Gasteiger partial charge in [0, 0.05) is 10.5 Å². The van der Waals surface area contributed by atoms with Crippen LogP contribution in [0.1, 0.15) is 5.56 Å². The van der Waals surface area contributed by atoms with Crippen LogP contribution in [0.5, 0.6) is 11.5 Å². The second kappa shape index (κ2) is 4.93. The highest BCUT2D eigenvalue weighted by Gasteiger charge is 2.15. The summed E-state index contributed by atoms with van der Waals surface area (Å²) in [6.07, 6.45) is -0.152. The molecule has 0 fully saturated rings. The van der Waals surface area contributed by atoms with Gasteiger partial charge in [-0.2, -0.15) is 0 Å². The number of hydrogen-bond acceptors (Lipinski definition) is 4. The molecular formula is C10H12O4S.